The van der Waals surface area contributed by atoms with Crippen molar-refractivity contribution in [3.05, 3.63) is 48.3 Å². The number of hydrogen-bond acceptors (Lipinski definition) is 6. The van der Waals surface area contributed by atoms with Crippen molar-refractivity contribution < 1.29 is 15.0 Å². The Balaban J connectivity index is 1.74. The Kier molecular flexibility index (Phi) is 5.45. The Hall–Kier alpha value is -2.67. The fraction of sp³-hybridized carbons (Fsp3) is 0.389. The molecule has 0 radical (unpaired) electrons. The molecule has 1 aromatic heterocycles. The smallest absolute Gasteiger partial charge is 0.326 e. The van der Waals surface area contributed by atoms with Crippen molar-refractivity contribution in [3.63, 3.8) is 0 Å². The van der Waals surface area contributed by atoms with E-state index in [1.807, 2.05) is 35.2 Å². The third-order valence-corrected chi connectivity index (χ3v) is 4.44. The van der Waals surface area contributed by atoms with Crippen LogP contribution in [-0.4, -0.2) is 51.4 Å². The number of aromatic nitrogens is 2. The Bertz CT molecular complexity index is 710. The summed E-state index contributed by atoms with van der Waals surface area (Å²) in [6.07, 6.45) is 3.71. The van der Waals surface area contributed by atoms with Crippen LogP contribution in [0.4, 0.5) is 11.6 Å². The highest BCUT2D eigenvalue weighted by Gasteiger charge is 2.25. The SMILES string of the molecule is O=C(O)[C@@H](Cc1ccccc1)Nc1cc(N2CCCC2CO)ncn1. The first-order chi connectivity index (χ1) is 12.2. The maximum atomic E-state index is 11.6. The van der Waals surface area contributed by atoms with Gasteiger partial charge in [-0.1, -0.05) is 30.3 Å². The predicted molar refractivity (Wildman–Crippen MR) is 94.7 cm³/mol. The van der Waals surface area contributed by atoms with Gasteiger partial charge >= 0.3 is 5.97 Å². The van der Waals surface area contributed by atoms with Gasteiger partial charge in [-0.3, -0.25) is 0 Å². The van der Waals surface area contributed by atoms with Gasteiger partial charge in [0, 0.05) is 19.0 Å². The fourth-order valence-electron chi connectivity index (χ4n) is 3.14. The van der Waals surface area contributed by atoms with Gasteiger partial charge in [-0.2, -0.15) is 0 Å². The number of hydrogen-bond donors (Lipinski definition) is 3. The van der Waals surface area contributed by atoms with Gasteiger partial charge in [-0.25, -0.2) is 14.8 Å². The van der Waals surface area contributed by atoms with Crippen LogP contribution < -0.4 is 10.2 Å². The molecule has 132 valence electrons. The normalized spacial score (nSPS) is 18.1. The van der Waals surface area contributed by atoms with Crippen molar-refractivity contribution in [3.8, 4) is 0 Å². The van der Waals surface area contributed by atoms with Crippen LogP contribution >= 0.6 is 0 Å². The summed E-state index contributed by atoms with van der Waals surface area (Å²) in [4.78, 5) is 22.1. The standard InChI is InChI=1S/C18H22N4O3/c23-11-14-7-4-8-22(14)17-10-16(19-12-20-17)21-15(18(24)25)9-13-5-2-1-3-6-13/h1-3,5-6,10,12,14-15,23H,4,7-9,11H2,(H,24,25)(H,19,20,21)/t14?,15-/m1/s1. The van der Waals surface area contributed by atoms with E-state index in [9.17, 15) is 15.0 Å². The summed E-state index contributed by atoms with van der Waals surface area (Å²) in [6.45, 7) is 0.909. The van der Waals surface area contributed by atoms with Crippen molar-refractivity contribution >= 4 is 17.6 Å². The maximum Gasteiger partial charge on any atom is 0.326 e. The number of aliphatic hydroxyl groups is 1. The number of nitrogens with one attached hydrogen (secondary N) is 1. The van der Waals surface area contributed by atoms with E-state index < -0.39 is 12.0 Å². The van der Waals surface area contributed by atoms with Crippen molar-refractivity contribution in [2.75, 3.05) is 23.4 Å². The van der Waals surface area contributed by atoms with E-state index in [0.717, 1.165) is 24.9 Å². The van der Waals surface area contributed by atoms with Crippen LogP contribution in [0.25, 0.3) is 0 Å². The molecule has 3 N–H and O–H groups in total. The molecule has 2 atom stereocenters. The van der Waals surface area contributed by atoms with Gasteiger partial charge in [0.1, 0.15) is 24.0 Å². The molecule has 25 heavy (non-hydrogen) atoms. The molecule has 1 fully saturated rings. The van der Waals surface area contributed by atoms with E-state index >= 15 is 0 Å². The van der Waals surface area contributed by atoms with Crippen LogP contribution in [-0.2, 0) is 11.2 Å². The summed E-state index contributed by atoms with van der Waals surface area (Å²) in [5.41, 5.74) is 0.941. The van der Waals surface area contributed by atoms with Crippen LogP contribution in [0.1, 0.15) is 18.4 Å². The minimum atomic E-state index is -0.932. The number of carbonyl (C=O) groups is 1. The largest absolute Gasteiger partial charge is 0.480 e. The number of rotatable bonds is 7. The summed E-state index contributed by atoms with van der Waals surface area (Å²) in [5.74, 6) is 0.244. The molecule has 2 heterocycles. The Morgan fingerprint density at radius 2 is 2.12 bits per heavy atom. The Morgan fingerprint density at radius 1 is 1.32 bits per heavy atom. The molecule has 0 amide bonds. The van der Waals surface area contributed by atoms with Crippen molar-refractivity contribution in [1.82, 2.24) is 9.97 Å². The molecular weight excluding hydrogens is 320 g/mol. The Morgan fingerprint density at radius 3 is 2.84 bits per heavy atom. The first-order valence-corrected chi connectivity index (χ1v) is 8.40. The number of aliphatic hydroxyl groups excluding tert-OH is 1. The van der Waals surface area contributed by atoms with Gasteiger partial charge < -0.3 is 20.4 Å². The molecule has 0 spiro atoms. The van der Waals surface area contributed by atoms with Crippen molar-refractivity contribution in [2.45, 2.75) is 31.3 Å². The van der Waals surface area contributed by atoms with Crippen LogP contribution in [0, 0.1) is 0 Å². The average molecular weight is 342 g/mol. The number of aliphatic carboxylic acids is 1. The molecule has 1 aliphatic heterocycles. The topological polar surface area (TPSA) is 98.6 Å². The zero-order valence-electron chi connectivity index (χ0n) is 13.9. The third-order valence-electron chi connectivity index (χ3n) is 4.44. The first kappa shape index (κ1) is 17.2. The maximum absolute atomic E-state index is 11.6. The molecule has 1 aromatic carbocycles. The van der Waals surface area contributed by atoms with E-state index in [2.05, 4.69) is 15.3 Å². The van der Waals surface area contributed by atoms with Crippen LogP contribution in [0.3, 0.4) is 0 Å². The average Bonchev–Trinajstić information content (AvgIpc) is 3.11. The molecule has 2 aromatic rings. The van der Waals surface area contributed by atoms with E-state index in [1.165, 1.54) is 6.33 Å². The highest BCUT2D eigenvalue weighted by molar-refractivity contribution is 5.77. The number of anilines is 2. The van der Waals surface area contributed by atoms with Gasteiger partial charge in [0.15, 0.2) is 0 Å². The lowest BCUT2D eigenvalue weighted by atomic mass is 10.1. The highest BCUT2D eigenvalue weighted by Crippen LogP contribution is 2.24. The first-order valence-electron chi connectivity index (χ1n) is 8.40. The second kappa shape index (κ2) is 7.94. The zero-order chi connectivity index (χ0) is 17.6. The highest BCUT2D eigenvalue weighted by atomic mass is 16.4. The number of carboxylic acid groups (broad SMARTS) is 1. The summed E-state index contributed by atoms with van der Waals surface area (Å²) in [5, 5.41) is 22.0. The summed E-state index contributed by atoms with van der Waals surface area (Å²) >= 11 is 0. The van der Waals surface area contributed by atoms with E-state index in [-0.39, 0.29) is 12.6 Å². The van der Waals surface area contributed by atoms with Gasteiger partial charge in [0.2, 0.25) is 0 Å². The van der Waals surface area contributed by atoms with E-state index in [4.69, 9.17) is 0 Å². The van der Waals surface area contributed by atoms with Gasteiger partial charge in [0.25, 0.3) is 0 Å². The van der Waals surface area contributed by atoms with E-state index in [1.54, 1.807) is 6.07 Å². The van der Waals surface area contributed by atoms with Crippen LogP contribution in [0.5, 0.6) is 0 Å². The molecule has 0 aliphatic carbocycles. The minimum Gasteiger partial charge on any atom is -0.480 e. The fourth-order valence-corrected chi connectivity index (χ4v) is 3.14. The molecule has 0 saturated carbocycles. The second-order valence-corrected chi connectivity index (χ2v) is 6.16. The number of nitrogens with zero attached hydrogens (tertiary/aromatic N) is 3. The third kappa shape index (κ3) is 4.24. The monoisotopic (exact) mass is 342 g/mol. The molecule has 7 nitrogen and oxygen atoms in total. The summed E-state index contributed by atoms with van der Waals surface area (Å²) in [7, 11) is 0. The second-order valence-electron chi connectivity index (χ2n) is 6.16. The lowest BCUT2D eigenvalue weighted by Gasteiger charge is -2.24. The zero-order valence-corrected chi connectivity index (χ0v) is 13.9. The number of benzene rings is 1. The van der Waals surface area contributed by atoms with Gasteiger partial charge in [-0.15, -0.1) is 0 Å². The molecule has 3 rings (SSSR count). The lowest BCUT2D eigenvalue weighted by Crippen LogP contribution is -2.34. The van der Waals surface area contributed by atoms with Gasteiger partial charge in [0.05, 0.1) is 12.6 Å². The number of carboxylic acids is 1. The predicted octanol–water partition coefficient (Wildman–Crippen LogP) is 1.55. The van der Waals surface area contributed by atoms with Gasteiger partial charge in [-0.05, 0) is 18.4 Å². The molecule has 1 saturated heterocycles. The molecular formula is C18H22N4O3. The molecule has 0 bridgehead atoms. The summed E-state index contributed by atoms with van der Waals surface area (Å²) in [6, 6.07) is 10.5. The van der Waals surface area contributed by atoms with Crippen molar-refractivity contribution in [1.29, 1.82) is 0 Å². The molecule has 1 unspecified atom stereocenters. The van der Waals surface area contributed by atoms with Crippen molar-refractivity contribution in [2.24, 2.45) is 0 Å². The summed E-state index contributed by atoms with van der Waals surface area (Å²) < 4.78 is 0. The lowest BCUT2D eigenvalue weighted by molar-refractivity contribution is -0.137. The minimum absolute atomic E-state index is 0.0577. The van der Waals surface area contributed by atoms with Crippen LogP contribution in [0.15, 0.2) is 42.7 Å². The Labute approximate surface area is 146 Å². The molecule has 7 heteroatoms. The van der Waals surface area contributed by atoms with E-state index in [0.29, 0.717) is 18.1 Å². The molecule has 1 aliphatic rings. The quantitative estimate of drug-likeness (QED) is 0.702. The van der Waals surface area contributed by atoms with Crippen LogP contribution in [0.2, 0.25) is 0 Å².